The van der Waals surface area contributed by atoms with Crippen LogP contribution in [0.1, 0.15) is 11.1 Å². The van der Waals surface area contributed by atoms with Gasteiger partial charge in [-0.3, -0.25) is 5.43 Å². The number of thiocarbonyl (C=S) groups is 1. The molecule has 0 amide bonds. The molecule has 0 aliphatic rings. The topological polar surface area (TPSA) is 36.4 Å². The van der Waals surface area contributed by atoms with Crippen LogP contribution in [0.15, 0.2) is 84.0 Å². The molecule has 4 rings (SSSR count). The molecule has 0 heterocycles. The molecule has 0 bridgehead atoms. The van der Waals surface area contributed by atoms with Crippen LogP contribution in [0.2, 0.25) is 0 Å². The minimum absolute atomic E-state index is 0.460. The van der Waals surface area contributed by atoms with E-state index in [1.807, 2.05) is 49.5 Å². The second-order valence-corrected chi connectivity index (χ2v) is 6.83. The van der Waals surface area contributed by atoms with Gasteiger partial charge >= 0.3 is 0 Å². The van der Waals surface area contributed by atoms with Gasteiger partial charge in [-0.1, -0.05) is 60.7 Å². The maximum absolute atomic E-state index is 5.35. The van der Waals surface area contributed by atoms with E-state index >= 15 is 0 Å². The first-order chi connectivity index (χ1) is 13.2. The highest BCUT2D eigenvalue weighted by atomic mass is 32.1. The van der Waals surface area contributed by atoms with Crippen LogP contribution in [0.25, 0.3) is 21.5 Å². The van der Waals surface area contributed by atoms with Gasteiger partial charge in [0, 0.05) is 11.3 Å². The van der Waals surface area contributed by atoms with Gasteiger partial charge in [0.2, 0.25) is 0 Å². The standard InChI is InChI=1S/C23H19N3S/c1-16-7-6-10-19(13-16)25-23(27)26-24-15-22-20-11-4-2-8-17(20)14-18-9-3-5-12-21(18)22/h2-15H,1H3,(H2,25,26,27)/b24-15-. The molecule has 0 unspecified atom stereocenters. The van der Waals surface area contributed by atoms with Crippen LogP contribution in [0, 0.1) is 6.92 Å². The van der Waals surface area contributed by atoms with E-state index in [0.29, 0.717) is 5.11 Å². The minimum atomic E-state index is 0.460. The summed E-state index contributed by atoms with van der Waals surface area (Å²) in [5.74, 6) is 0. The Morgan fingerprint density at radius 2 is 1.52 bits per heavy atom. The number of hydrogen-bond donors (Lipinski definition) is 2. The van der Waals surface area contributed by atoms with Crippen molar-refractivity contribution >= 4 is 50.8 Å². The van der Waals surface area contributed by atoms with Crippen LogP contribution >= 0.6 is 12.2 Å². The number of nitrogens with zero attached hydrogens (tertiary/aromatic N) is 1. The zero-order valence-electron chi connectivity index (χ0n) is 14.9. The summed E-state index contributed by atoms with van der Waals surface area (Å²) in [5.41, 5.74) is 6.11. The number of nitrogens with one attached hydrogen (secondary N) is 2. The zero-order chi connectivity index (χ0) is 18.6. The average Bonchev–Trinajstić information content (AvgIpc) is 2.67. The lowest BCUT2D eigenvalue weighted by atomic mass is 9.97. The van der Waals surface area contributed by atoms with Gasteiger partial charge in [-0.2, -0.15) is 5.10 Å². The molecule has 4 aromatic carbocycles. The SMILES string of the molecule is Cc1cccc(NC(=S)N/N=C\c2c3ccccc3cc3ccccc23)c1. The normalized spacial score (nSPS) is 11.1. The molecular weight excluding hydrogens is 350 g/mol. The molecule has 0 aliphatic heterocycles. The van der Waals surface area contributed by atoms with Crippen molar-refractivity contribution in [1.82, 2.24) is 5.43 Å². The van der Waals surface area contributed by atoms with Gasteiger partial charge in [-0.15, -0.1) is 0 Å². The summed E-state index contributed by atoms with van der Waals surface area (Å²) < 4.78 is 0. The molecule has 2 N–H and O–H groups in total. The van der Waals surface area contributed by atoms with Gasteiger partial charge in [0.25, 0.3) is 0 Å². The largest absolute Gasteiger partial charge is 0.331 e. The van der Waals surface area contributed by atoms with Crippen molar-refractivity contribution in [3.8, 4) is 0 Å². The van der Waals surface area contributed by atoms with E-state index in [0.717, 1.165) is 11.3 Å². The van der Waals surface area contributed by atoms with Crippen molar-refractivity contribution in [1.29, 1.82) is 0 Å². The summed E-state index contributed by atoms with van der Waals surface area (Å²) in [4.78, 5) is 0. The maximum Gasteiger partial charge on any atom is 0.191 e. The molecule has 27 heavy (non-hydrogen) atoms. The molecule has 3 nitrogen and oxygen atoms in total. The Kier molecular flexibility index (Phi) is 4.81. The number of fused-ring (bicyclic) bond motifs is 2. The van der Waals surface area contributed by atoms with Gasteiger partial charge in [0.1, 0.15) is 0 Å². The van der Waals surface area contributed by atoms with Crippen LogP contribution in [-0.2, 0) is 0 Å². The van der Waals surface area contributed by atoms with Crippen LogP contribution in [0.4, 0.5) is 5.69 Å². The van der Waals surface area contributed by atoms with E-state index in [9.17, 15) is 0 Å². The van der Waals surface area contributed by atoms with Crippen molar-refractivity contribution < 1.29 is 0 Å². The minimum Gasteiger partial charge on any atom is -0.331 e. The molecule has 0 aliphatic carbocycles. The lowest BCUT2D eigenvalue weighted by Crippen LogP contribution is -2.23. The third-order valence-corrected chi connectivity index (χ3v) is 4.64. The third-order valence-electron chi connectivity index (χ3n) is 4.45. The summed E-state index contributed by atoms with van der Waals surface area (Å²) in [6.07, 6.45) is 1.84. The van der Waals surface area contributed by atoms with Gasteiger partial charge < -0.3 is 5.32 Å². The number of anilines is 1. The predicted molar refractivity (Wildman–Crippen MR) is 120 cm³/mol. The molecule has 4 heteroatoms. The quantitative estimate of drug-likeness (QED) is 0.213. The number of hydrogen-bond acceptors (Lipinski definition) is 2. The van der Waals surface area contributed by atoms with Crippen LogP contribution in [-0.4, -0.2) is 11.3 Å². The second-order valence-electron chi connectivity index (χ2n) is 6.43. The summed E-state index contributed by atoms with van der Waals surface area (Å²) in [7, 11) is 0. The molecule has 0 aromatic heterocycles. The number of aryl methyl sites for hydroxylation is 1. The molecular formula is C23H19N3S. The monoisotopic (exact) mass is 369 g/mol. The summed E-state index contributed by atoms with van der Waals surface area (Å²) in [6, 6.07) is 26.9. The van der Waals surface area contributed by atoms with Crippen LogP contribution in [0.5, 0.6) is 0 Å². The molecule has 4 aromatic rings. The van der Waals surface area contributed by atoms with Crippen molar-refractivity contribution in [3.05, 3.63) is 90.0 Å². The lowest BCUT2D eigenvalue weighted by molar-refractivity contribution is 1.05. The highest BCUT2D eigenvalue weighted by molar-refractivity contribution is 7.80. The van der Waals surface area contributed by atoms with E-state index in [2.05, 4.69) is 58.3 Å². The van der Waals surface area contributed by atoms with Crippen molar-refractivity contribution in [2.75, 3.05) is 5.32 Å². The van der Waals surface area contributed by atoms with Gasteiger partial charge in [0.15, 0.2) is 5.11 Å². The van der Waals surface area contributed by atoms with Gasteiger partial charge in [0.05, 0.1) is 6.21 Å². The smallest absolute Gasteiger partial charge is 0.191 e. The Morgan fingerprint density at radius 3 is 2.19 bits per heavy atom. The second kappa shape index (κ2) is 7.56. The highest BCUT2D eigenvalue weighted by Crippen LogP contribution is 2.27. The van der Waals surface area contributed by atoms with Crippen molar-refractivity contribution in [3.63, 3.8) is 0 Å². The summed E-state index contributed by atoms with van der Waals surface area (Å²) in [5, 5.41) is 12.7. The van der Waals surface area contributed by atoms with E-state index in [4.69, 9.17) is 12.2 Å². The molecule has 0 saturated carbocycles. The van der Waals surface area contributed by atoms with Crippen LogP contribution < -0.4 is 10.7 Å². The fraction of sp³-hybridized carbons (Fsp3) is 0.0435. The van der Waals surface area contributed by atoms with Crippen molar-refractivity contribution in [2.24, 2.45) is 5.10 Å². The molecule has 132 valence electrons. The van der Waals surface area contributed by atoms with Crippen LogP contribution in [0.3, 0.4) is 0 Å². The highest BCUT2D eigenvalue weighted by Gasteiger charge is 2.05. The maximum atomic E-state index is 5.35. The fourth-order valence-corrected chi connectivity index (χ4v) is 3.40. The molecule has 0 spiro atoms. The lowest BCUT2D eigenvalue weighted by Gasteiger charge is -2.09. The fourth-order valence-electron chi connectivity index (χ4n) is 3.23. The Bertz CT molecular complexity index is 1110. The van der Waals surface area contributed by atoms with Gasteiger partial charge in [-0.05, 0) is 64.4 Å². The Hall–Kier alpha value is -3.24. The third kappa shape index (κ3) is 3.81. The number of rotatable bonds is 3. The molecule has 0 saturated heterocycles. The van der Waals surface area contributed by atoms with E-state index in [1.54, 1.807) is 0 Å². The first kappa shape index (κ1) is 17.2. The Balaban J connectivity index is 1.61. The van der Waals surface area contributed by atoms with E-state index < -0.39 is 0 Å². The number of hydrazone groups is 1. The van der Waals surface area contributed by atoms with Gasteiger partial charge in [-0.25, -0.2) is 0 Å². The molecule has 0 radical (unpaired) electrons. The summed E-state index contributed by atoms with van der Waals surface area (Å²) >= 11 is 5.35. The zero-order valence-corrected chi connectivity index (χ0v) is 15.8. The first-order valence-corrected chi connectivity index (χ1v) is 9.19. The first-order valence-electron chi connectivity index (χ1n) is 8.78. The molecule has 0 atom stereocenters. The Morgan fingerprint density at radius 1 is 0.852 bits per heavy atom. The van der Waals surface area contributed by atoms with E-state index in [1.165, 1.54) is 27.1 Å². The number of benzene rings is 4. The predicted octanol–water partition coefficient (Wildman–Crippen LogP) is 5.62. The molecule has 0 fully saturated rings. The van der Waals surface area contributed by atoms with Crippen molar-refractivity contribution in [2.45, 2.75) is 6.92 Å². The van der Waals surface area contributed by atoms with E-state index in [-0.39, 0.29) is 0 Å². The summed E-state index contributed by atoms with van der Waals surface area (Å²) in [6.45, 7) is 2.05. The Labute approximate surface area is 163 Å². The average molecular weight is 369 g/mol.